The number of alkyl halides is 3. The number of halogens is 5. The highest BCUT2D eigenvalue weighted by Crippen LogP contribution is 2.36. The van der Waals surface area contributed by atoms with Crippen LogP contribution >= 0.6 is 27.5 Å². The summed E-state index contributed by atoms with van der Waals surface area (Å²) in [5, 5.41) is 2.58. The predicted octanol–water partition coefficient (Wildman–Crippen LogP) is 6.44. The van der Waals surface area contributed by atoms with Crippen molar-refractivity contribution in [3.8, 4) is 0 Å². The molecular weight excluding hydrogens is 671 g/mol. The van der Waals surface area contributed by atoms with Gasteiger partial charge in [0, 0.05) is 24.0 Å². The zero-order chi connectivity index (χ0) is 31.8. The van der Waals surface area contributed by atoms with Crippen molar-refractivity contribution < 1.29 is 31.2 Å². The highest BCUT2D eigenvalue weighted by Gasteiger charge is 2.35. The monoisotopic (exact) mass is 701 g/mol. The fourth-order valence-electron chi connectivity index (χ4n) is 4.37. The van der Waals surface area contributed by atoms with Gasteiger partial charge in [-0.3, -0.25) is 13.9 Å². The van der Waals surface area contributed by atoms with E-state index in [1.807, 2.05) is 13.0 Å². The van der Waals surface area contributed by atoms with Crippen LogP contribution in [0.1, 0.15) is 36.5 Å². The van der Waals surface area contributed by atoms with E-state index in [0.717, 1.165) is 34.8 Å². The van der Waals surface area contributed by atoms with E-state index in [-0.39, 0.29) is 18.0 Å². The number of anilines is 1. The number of rotatable bonds is 13. The molecule has 0 aliphatic carbocycles. The number of hydrogen-bond acceptors (Lipinski definition) is 4. The molecule has 1 N–H and O–H groups in total. The van der Waals surface area contributed by atoms with Crippen LogP contribution in [0, 0.1) is 0 Å². The van der Waals surface area contributed by atoms with E-state index in [2.05, 4.69) is 21.2 Å². The molecule has 1 atom stereocenters. The fraction of sp³-hybridized carbons (Fsp3) is 0.333. The van der Waals surface area contributed by atoms with Crippen LogP contribution in [0.4, 0.5) is 18.9 Å². The summed E-state index contributed by atoms with van der Waals surface area (Å²) in [6, 6.07) is 17.2. The Balaban J connectivity index is 2.10. The SMILES string of the molecule is CCCCNC(=O)[C@@H](Cc1ccccc1)N(Cc1cccc(Br)c1)C(=O)CN(c1cc(C(F)(F)F)ccc1Cl)S(C)(=O)=O. The number of carbonyl (C=O) groups is 2. The van der Waals surface area contributed by atoms with Gasteiger partial charge in [-0.15, -0.1) is 0 Å². The van der Waals surface area contributed by atoms with E-state index in [1.54, 1.807) is 48.5 Å². The number of benzene rings is 3. The summed E-state index contributed by atoms with van der Waals surface area (Å²) in [4.78, 5) is 28.9. The van der Waals surface area contributed by atoms with Crippen LogP contribution in [0.25, 0.3) is 0 Å². The Bertz CT molecular complexity index is 1520. The van der Waals surface area contributed by atoms with Gasteiger partial charge in [0.15, 0.2) is 0 Å². The molecule has 0 unspecified atom stereocenters. The average molecular weight is 703 g/mol. The standard InChI is InChI=1S/C30H32BrClF3N3O4S/c1-3-4-15-36-29(40)27(17-21-9-6-5-7-10-21)37(19-22-11-8-12-24(31)16-22)28(39)20-38(43(2,41)42)26-18-23(30(33,34)35)13-14-25(26)32/h5-14,16,18,27H,3-4,15,17,19-20H2,1-2H3,(H,36,40)/t27-/m1/s1. The third kappa shape index (κ3) is 9.97. The normalized spacial score (nSPS) is 12.4. The van der Waals surface area contributed by atoms with Crippen molar-refractivity contribution in [2.45, 2.75) is 44.9 Å². The average Bonchev–Trinajstić information content (AvgIpc) is 2.93. The maximum Gasteiger partial charge on any atom is 0.416 e. The van der Waals surface area contributed by atoms with Gasteiger partial charge in [0.05, 0.1) is 22.5 Å². The molecule has 13 heteroatoms. The Morgan fingerprint density at radius 2 is 1.67 bits per heavy atom. The summed E-state index contributed by atoms with van der Waals surface area (Å²) in [5.74, 6) is -1.24. The van der Waals surface area contributed by atoms with Crippen LogP contribution in [-0.4, -0.2) is 50.5 Å². The molecule has 3 aromatic rings. The smallest absolute Gasteiger partial charge is 0.354 e. The lowest BCUT2D eigenvalue weighted by molar-refractivity contribution is -0.140. The first-order chi connectivity index (χ1) is 20.2. The molecule has 0 heterocycles. The van der Waals surface area contributed by atoms with Crippen LogP contribution in [-0.2, 0) is 38.8 Å². The van der Waals surface area contributed by atoms with E-state index < -0.39 is 51.9 Å². The van der Waals surface area contributed by atoms with Crippen molar-refractivity contribution in [2.24, 2.45) is 0 Å². The molecule has 43 heavy (non-hydrogen) atoms. The molecule has 3 aromatic carbocycles. The topological polar surface area (TPSA) is 86.8 Å². The summed E-state index contributed by atoms with van der Waals surface area (Å²) < 4.78 is 67.6. The van der Waals surface area contributed by atoms with Gasteiger partial charge in [0.1, 0.15) is 12.6 Å². The van der Waals surface area contributed by atoms with Gasteiger partial charge in [-0.25, -0.2) is 8.42 Å². The van der Waals surface area contributed by atoms with Gasteiger partial charge in [0.25, 0.3) is 0 Å². The summed E-state index contributed by atoms with van der Waals surface area (Å²) in [6.07, 6.45) is -2.36. The minimum Gasteiger partial charge on any atom is -0.354 e. The number of nitrogens with zero attached hydrogens (tertiary/aromatic N) is 2. The zero-order valence-corrected chi connectivity index (χ0v) is 26.7. The van der Waals surface area contributed by atoms with Crippen LogP contribution < -0.4 is 9.62 Å². The molecule has 0 saturated carbocycles. The van der Waals surface area contributed by atoms with E-state index >= 15 is 0 Å². The first-order valence-corrected chi connectivity index (χ1v) is 16.4. The largest absolute Gasteiger partial charge is 0.416 e. The Morgan fingerprint density at radius 1 is 1.00 bits per heavy atom. The summed E-state index contributed by atoms with van der Waals surface area (Å²) >= 11 is 9.58. The number of carbonyl (C=O) groups excluding carboxylic acids is 2. The van der Waals surface area contributed by atoms with Gasteiger partial charge < -0.3 is 10.2 Å². The van der Waals surface area contributed by atoms with Crippen LogP contribution in [0.15, 0.2) is 77.3 Å². The lowest BCUT2D eigenvalue weighted by Gasteiger charge is -2.33. The highest BCUT2D eigenvalue weighted by atomic mass is 79.9. The lowest BCUT2D eigenvalue weighted by Crippen LogP contribution is -2.53. The van der Waals surface area contributed by atoms with Gasteiger partial charge in [0.2, 0.25) is 21.8 Å². The first-order valence-electron chi connectivity index (χ1n) is 13.4. The predicted molar refractivity (Wildman–Crippen MR) is 165 cm³/mol. The van der Waals surface area contributed by atoms with Crippen molar-refractivity contribution >= 4 is 55.1 Å². The first kappa shape index (κ1) is 34.4. The molecule has 3 rings (SSSR count). The number of amides is 2. The van der Waals surface area contributed by atoms with Gasteiger partial charge in [-0.1, -0.05) is 83.3 Å². The van der Waals surface area contributed by atoms with Crippen molar-refractivity contribution in [3.05, 3.63) is 99.0 Å². The molecule has 0 bridgehead atoms. The molecule has 7 nitrogen and oxygen atoms in total. The zero-order valence-electron chi connectivity index (χ0n) is 23.6. The number of sulfonamides is 1. The summed E-state index contributed by atoms with van der Waals surface area (Å²) in [6.45, 7) is 1.37. The number of hydrogen-bond donors (Lipinski definition) is 1. The fourth-order valence-corrected chi connectivity index (χ4v) is 5.94. The van der Waals surface area contributed by atoms with Gasteiger partial charge in [-0.05, 0) is 47.9 Å². The Morgan fingerprint density at radius 3 is 2.28 bits per heavy atom. The number of nitrogens with one attached hydrogen (secondary N) is 1. The minimum atomic E-state index is -4.78. The van der Waals surface area contributed by atoms with E-state index in [9.17, 15) is 31.2 Å². The van der Waals surface area contributed by atoms with E-state index in [1.165, 1.54) is 4.90 Å². The molecular formula is C30H32BrClF3N3O4S. The van der Waals surface area contributed by atoms with Crippen molar-refractivity contribution in [1.82, 2.24) is 10.2 Å². The van der Waals surface area contributed by atoms with Crippen LogP contribution in [0.5, 0.6) is 0 Å². The van der Waals surface area contributed by atoms with Crippen molar-refractivity contribution in [1.29, 1.82) is 0 Å². The van der Waals surface area contributed by atoms with Crippen molar-refractivity contribution in [2.75, 3.05) is 23.7 Å². The molecule has 0 aromatic heterocycles. The van der Waals surface area contributed by atoms with E-state index in [0.29, 0.717) is 28.9 Å². The highest BCUT2D eigenvalue weighted by molar-refractivity contribution is 9.10. The van der Waals surface area contributed by atoms with Crippen LogP contribution in [0.3, 0.4) is 0 Å². The summed E-state index contributed by atoms with van der Waals surface area (Å²) in [7, 11) is -4.31. The maximum atomic E-state index is 14.1. The minimum absolute atomic E-state index is 0.0785. The van der Waals surface area contributed by atoms with Crippen LogP contribution in [0.2, 0.25) is 5.02 Å². The molecule has 0 spiro atoms. The molecule has 2 amide bonds. The quantitative estimate of drug-likeness (QED) is 0.208. The molecule has 0 aliphatic rings. The Labute approximate surface area is 263 Å². The second-order valence-corrected chi connectivity index (χ2v) is 13.2. The van der Waals surface area contributed by atoms with Crippen molar-refractivity contribution in [3.63, 3.8) is 0 Å². The molecule has 232 valence electrons. The van der Waals surface area contributed by atoms with Gasteiger partial charge in [-0.2, -0.15) is 13.2 Å². The number of unbranched alkanes of at least 4 members (excludes halogenated alkanes) is 1. The third-order valence-corrected chi connectivity index (χ3v) is 8.50. The second-order valence-electron chi connectivity index (χ2n) is 9.94. The lowest BCUT2D eigenvalue weighted by atomic mass is 10.0. The molecule has 0 fully saturated rings. The Kier molecular flexibility index (Phi) is 12.1. The van der Waals surface area contributed by atoms with Gasteiger partial charge >= 0.3 is 6.18 Å². The molecule has 0 saturated heterocycles. The molecule has 0 aliphatic heterocycles. The molecule has 0 radical (unpaired) electrons. The third-order valence-electron chi connectivity index (χ3n) is 6.56. The second kappa shape index (κ2) is 15.1. The van der Waals surface area contributed by atoms with E-state index in [4.69, 9.17) is 11.6 Å². The Hall–Kier alpha value is -3.09. The summed E-state index contributed by atoms with van der Waals surface area (Å²) in [5.41, 5.74) is -0.228. The maximum absolute atomic E-state index is 14.1.